The zero-order chi connectivity index (χ0) is 35.6. The summed E-state index contributed by atoms with van der Waals surface area (Å²) in [5, 5.41) is 0. The van der Waals surface area contributed by atoms with Crippen LogP contribution in [0.3, 0.4) is 0 Å². The summed E-state index contributed by atoms with van der Waals surface area (Å²) < 4.78 is 11.2. The lowest BCUT2D eigenvalue weighted by Gasteiger charge is -2.12. The van der Waals surface area contributed by atoms with E-state index in [9.17, 15) is 14.4 Å². The summed E-state index contributed by atoms with van der Waals surface area (Å²) in [5.41, 5.74) is 0.411. The van der Waals surface area contributed by atoms with Crippen molar-refractivity contribution in [2.24, 2.45) is 0 Å². The highest BCUT2D eigenvalue weighted by Crippen LogP contribution is 2.30. The van der Waals surface area contributed by atoms with Crippen LogP contribution in [0.25, 0.3) is 0 Å². The summed E-state index contributed by atoms with van der Waals surface area (Å²) in [6.45, 7) is 5.92. The Morgan fingerprint density at radius 3 is 1.31 bits per heavy atom. The topological polar surface area (TPSA) is 69.7 Å². The molecule has 0 saturated heterocycles. The SMILES string of the molecule is CCCCC/C=C\C/C=C\CCCCCCCC(=O)Oc1ccc(C(C)=O)cc1OC(=O)CCCCCCC/C=C\C/C=C\CCCCC. The second-order valence-electron chi connectivity index (χ2n) is 13.1. The minimum atomic E-state index is -0.377. The number of allylic oxidation sites excluding steroid dienone is 8. The molecule has 1 aromatic carbocycles. The molecule has 0 fully saturated rings. The smallest absolute Gasteiger partial charge is 0.311 e. The lowest BCUT2D eigenvalue weighted by molar-refractivity contribution is -0.137. The van der Waals surface area contributed by atoms with Gasteiger partial charge >= 0.3 is 11.9 Å². The number of unbranched alkanes of at least 4 members (excludes halogenated alkanes) is 16. The Bertz CT molecular complexity index is 1130. The van der Waals surface area contributed by atoms with Gasteiger partial charge in [0.05, 0.1) is 0 Å². The van der Waals surface area contributed by atoms with Crippen molar-refractivity contribution in [1.82, 2.24) is 0 Å². The monoisotopic (exact) mass is 677 g/mol. The molecule has 1 rings (SSSR count). The molecule has 5 heteroatoms. The van der Waals surface area contributed by atoms with Crippen LogP contribution in [-0.4, -0.2) is 17.7 Å². The number of ether oxygens (including phenoxy) is 2. The number of ketones is 1. The molecule has 0 spiro atoms. The molecular formula is C44H68O5. The number of hydrogen-bond acceptors (Lipinski definition) is 5. The zero-order valence-electron chi connectivity index (χ0n) is 31.4. The highest BCUT2D eigenvalue weighted by molar-refractivity contribution is 5.95. The van der Waals surface area contributed by atoms with Crippen LogP contribution in [0.1, 0.15) is 185 Å². The third-order valence-electron chi connectivity index (χ3n) is 8.46. The molecule has 0 aliphatic rings. The molecule has 5 nitrogen and oxygen atoms in total. The second-order valence-corrected chi connectivity index (χ2v) is 13.1. The van der Waals surface area contributed by atoms with Gasteiger partial charge in [-0.15, -0.1) is 0 Å². The van der Waals surface area contributed by atoms with E-state index in [1.54, 1.807) is 12.1 Å². The Labute approximate surface area is 299 Å². The van der Waals surface area contributed by atoms with E-state index in [4.69, 9.17) is 9.47 Å². The van der Waals surface area contributed by atoms with Gasteiger partial charge in [-0.2, -0.15) is 0 Å². The van der Waals surface area contributed by atoms with E-state index in [-0.39, 0.29) is 35.6 Å². The molecule has 0 aliphatic carbocycles. The predicted molar refractivity (Wildman–Crippen MR) is 206 cm³/mol. The Morgan fingerprint density at radius 1 is 0.490 bits per heavy atom. The number of Topliss-reactive ketones (excluding diaryl/α,β-unsaturated/α-hetero) is 1. The normalized spacial score (nSPS) is 11.8. The first-order valence-corrected chi connectivity index (χ1v) is 19.6. The highest BCUT2D eigenvalue weighted by Gasteiger charge is 2.16. The van der Waals surface area contributed by atoms with Crippen LogP contribution in [0.2, 0.25) is 0 Å². The van der Waals surface area contributed by atoms with E-state index >= 15 is 0 Å². The van der Waals surface area contributed by atoms with E-state index in [1.165, 1.54) is 64.4 Å². The molecular weight excluding hydrogens is 608 g/mol. The standard InChI is InChI=1S/C44H68O5/c1-4-6-8-10-12-14-16-18-20-22-24-26-28-30-32-34-43(46)48-41-37-36-40(39(3)45)38-42(41)49-44(47)35-33-31-29-27-25-23-21-19-17-15-13-11-9-7-5-2/h12-15,18-21,36-38H,4-11,16-17,22-35H2,1-3H3/b14-12-,15-13-,20-18-,21-19-. The van der Waals surface area contributed by atoms with Gasteiger partial charge in [-0.25, -0.2) is 0 Å². The van der Waals surface area contributed by atoms with Gasteiger partial charge < -0.3 is 9.47 Å². The van der Waals surface area contributed by atoms with E-state index in [1.807, 2.05) is 0 Å². The molecule has 0 N–H and O–H groups in total. The van der Waals surface area contributed by atoms with Crippen molar-refractivity contribution in [3.8, 4) is 11.5 Å². The maximum atomic E-state index is 12.6. The van der Waals surface area contributed by atoms with Crippen LogP contribution in [0, 0.1) is 0 Å². The summed E-state index contributed by atoms with van der Waals surface area (Å²) in [6, 6.07) is 4.64. The van der Waals surface area contributed by atoms with Gasteiger partial charge in [0.15, 0.2) is 17.3 Å². The van der Waals surface area contributed by atoms with Crippen LogP contribution >= 0.6 is 0 Å². The van der Waals surface area contributed by atoms with Gasteiger partial charge in [0.25, 0.3) is 0 Å². The van der Waals surface area contributed by atoms with Gasteiger partial charge in [0.2, 0.25) is 0 Å². The van der Waals surface area contributed by atoms with E-state index < -0.39 is 0 Å². The Balaban J connectivity index is 2.26. The van der Waals surface area contributed by atoms with Gasteiger partial charge in [-0.1, -0.05) is 127 Å². The fourth-order valence-electron chi connectivity index (χ4n) is 5.40. The van der Waals surface area contributed by atoms with Gasteiger partial charge in [-0.05, 0) is 102 Å². The Kier molecular flexibility index (Phi) is 28.6. The van der Waals surface area contributed by atoms with Crippen molar-refractivity contribution < 1.29 is 23.9 Å². The summed E-state index contributed by atoms with van der Waals surface area (Å²) in [6.07, 6.45) is 43.3. The molecule has 0 radical (unpaired) electrons. The number of carbonyl (C=O) groups is 3. The minimum Gasteiger partial charge on any atom is -0.423 e. The molecule has 0 amide bonds. The number of hydrogen-bond donors (Lipinski definition) is 0. The molecule has 0 aromatic heterocycles. The van der Waals surface area contributed by atoms with Crippen LogP contribution in [0.15, 0.2) is 66.8 Å². The van der Waals surface area contributed by atoms with Crippen LogP contribution in [-0.2, 0) is 9.59 Å². The third kappa shape index (κ3) is 26.3. The number of esters is 2. The van der Waals surface area contributed by atoms with Gasteiger partial charge in [0, 0.05) is 18.4 Å². The number of benzene rings is 1. The summed E-state index contributed by atoms with van der Waals surface area (Å²) in [4.78, 5) is 37.2. The van der Waals surface area contributed by atoms with Crippen LogP contribution < -0.4 is 9.47 Å². The minimum absolute atomic E-state index is 0.133. The summed E-state index contributed by atoms with van der Waals surface area (Å²) >= 11 is 0. The van der Waals surface area contributed by atoms with Gasteiger partial charge in [-0.3, -0.25) is 14.4 Å². The van der Waals surface area contributed by atoms with Crippen molar-refractivity contribution in [2.45, 2.75) is 175 Å². The van der Waals surface area contributed by atoms with Crippen molar-refractivity contribution in [3.63, 3.8) is 0 Å². The molecule has 1 aromatic rings. The van der Waals surface area contributed by atoms with E-state index in [2.05, 4.69) is 62.5 Å². The molecule has 0 aliphatic heterocycles. The van der Waals surface area contributed by atoms with Crippen molar-refractivity contribution in [2.75, 3.05) is 0 Å². The van der Waals surface area contributed by atoms with Crippen LogP contribution in [0.5, 0.6) is 11.5 Å². The molecule has 274 valence electrons. The average Bonchev–Trinajstić information content (AvgIpc) is 3.08. The van der Waals surface area contributed by atoms with Crippen molar-refractivity contribution in [3.05, 3.63) is 72.4 Å². The predicted octanol–water partition coefficient (Wildman–Crippen LogP) is 13.3. The maximum absolute atomic E-state index is 12.6. The largest absolute Gasteiger partial charge is 0.423 e. The summed E-state index contributed by atoms with van der Waals surface area (Å²) in [5.74, 6) is -0.557. The van der Waals surface area contributed by atoms with Gasteiger partial charge in [0.1, 0.15) is 0 Å². The highest BCUT2D eigenvalue weighted by atomic mass is 16.6. The number of rotatable bonds is 31. The average molecular weight is 677 g/mol. The lowest BCUT2D eigenvalue weighted by atomic mass is 10.1. The molecule has 0 heterocycles. The lowest BCUT2D eigenvalue weighted by Crippen LogP contribution is -2.12. The van der Waals surface area contributed by atoms with E-state index in [0.717, 1.165) is 89.9 Å². The van der Waals surface area contributed by atoms with Crippen molar-refractivity contribution in [1.29, 1.82) is 0 Å². The Hall–Kier alpha value is -3.21. The third-order valence-corrected chi connectivity index (χ3v) is 8.46. The van der Waals surface area contributed by atoms with Crippen molar-refractivity contribution >= 4 is 17.7 Å². The molecule has 0 atom stereocenters. The molecule has 0 bridgehead atoms. The fourth-order valence-corrected chi connectivity index (χ4v) is 5.40. The molecule has 0 unspecified atom stereocenters. The van der Waals surface area contributed by atoms with Crippen LogP contribution in [0.4, 0.5) is 0 Å². The van der Waals surface area contributed by atoms with E-state index in [0.29, 0.717) is 12.0 Å². The quantitative estimate of drug-likeness (QED) is 0.0257. The fraction of sp³-hybridized carbons (Fsp3) is 0.614. The molecule has 0 saturated carbocycles. The Morgan fingerprint density at radius 2 is 0.878 bits per heavy atom. The second kappa shape index (κ2) is 32.0. The first-order chi connectivity index (χ1) is 24.0. The first-order valence-electron chi connectivity index (χ1n) is 19.6. The zero-order valence-corrected chi connectivity index (χ0v) is 31.4. The first kappa shape index (κ1) is 43.8. The maximum Gasteiger partial charge on any atom is 0.311 e. The molecule has 49 heavy (non-hydrogen) atoms. The number of carbonyl (C=O) groups excluding carboxylic acids is 3. The summed E-state index contributed by atoms with van der Waals surface area (Å²) in [7, 11) is 0.